The van der Waals surface area contributed by atoms with Gasteiger partial charge in [-0.05, 0) is 50.6 Å². The van der Waals surface area contributed by atoms with E-state index >= 15 is 0 Å². The predicted molar refractivity (Wildman–Crippen MR) is 85.6 cm³/mol. The Bertz CT molecular complexity index is 477. The van der Waals surface area contributed by atoms with Crippen molar-refractivity contribution in [3.63, 3.8) is 0 Å². The van der Waals surface area contributed by atoms with Crippen molar-refractivity contribution in [2.24, 2.45) is 0 Å². The number of methoxy groups -OCH3 is 1. The molecule has 0 heterocycles. The van der Waals surface area contributed by atoms with E-state index in [0.717, 1.165) is 0 Å². The van der Waals surface area contributed by atoms with E-state index in [1.54, 1.807) is 31.4 Å². The van der Waals surface area contributed by atoms with Crippen molar-refractivity contribution in [1.82, 2.24) is 15.5 Å². The third-order valence-electron chi connectivity index (χ3n) is 2.65. The van der Waals surface area contributed by atoms with Crippen molar-refractivity contribution >= 4 is 23.2 Å². The monoisotopic (exact) mass is 311 g/mol. The molecule has 1 aromatic carbocycles. The Hall–Kier alpha value is -1.70. The quantitative estimate of drug-likeness (QED) is 0.653. The molecule has 0 fully saturated rings. The van der Waals surface area contributed by atoms with Crippen LogP contribution in [0.3, 0.4) is 0 Å². The lowest BCUT2D eigenvalue weighted by Crippen LogP contribution is -2.44. The van der Waals surface area contributed by atoms with E-state index in [2.05, 4.69) is 10.6 Å². The fraction of sp³-hybridized carbons (Fsp3) is 0.429. The number of rotatable bonds is 6. The van der Waals surface area contributed by atoms with E-state index in [4.69, 9.17) is 17.0 Å². The topological polar surface area (TPSA) is 73.8 Å². The van der Waals surface area contributed by atoms with Crippen LogP contribution in [0.25, 0.3) is 0 Å². The summed E-state index contributed by atoms with van der Waals surface area (Å²) >= 11 is 5.02. The number of hydrogen-bond acceptors (Lipinski definition) is 5. The molecule has 1 aromatic rings. The molecule has 0 aliphatic heterocycles. The smallest absolute Gasteiger partial charge is 0.257 e. The van der Waals surface area contributed by atoms with Gasteiger partial charge in [0.05, 0.1) is 13.2 Å². The van der Waals surface area contributed by atoms with Crippen molar-refractivity contribution in [1.29, 1.82) is 0 Å². The Labute approximate surface area is 130 Å². The van der Waals surface area contributed by atoms with Gasteiger partial charge >= 0.3 is 0 Å². The average Bonchev–Trinajstić information content (AvgIpc) is 2.44. The van der Waals surface area contributed by atoms with E-state index in [0.29, 0.717) is 17.9 Å². The first-order valence-corrected chi connectivity index (χ1v) is 6.89. The third-order valence-corrected chi connectivity index (χ3v) is 2.90. The molecule has 0 bridgehead atoms. The van der Waals surface area contributed by atoms with E-state index in [1.807, 2.05) is 19.0 Å². The molecule has 0 aliphatic rings. The highest BCUT2D eigenvalue weighted by molar-refractivity contribution is 7.80. The Kier molecular flexibility index (Phi) is 7.07. The maximum atomic E-state index is 11.9. The molecule has 7 heteroatoms. The van der Waals surface area contributed by atoms with Crippen molar-refractivity contribution in [2.75, 3.05) is 34.3 Å². The highest BCUT2D eigenvalue weighted by atomic mass is 32.1. The molecular formula is C14H21N3O3S. The predicted octanol–water partition coefficient (Wildman–Crippen LogP) is 0.222. The van der Waals surface area contributed by atoms with Crippen LogP contribution in [-0.2, 0) is 0 Å². The molecule has 116 valence electrons. The second kappa shape index (κ2) is 8.56. The van der Waals surface area contributed by atoms with Crippen LogP contribution in [0, 0.1) is 0 Å². The number of thiocarbonyl (C=S) groups is 1. The Morgan fingerprint density at radius 3 is 2.52 bits per heavy atom. The SMILES string of the molecule is COc1ccc(C(=O)NC(=S)NC[C@H](O)CN(C)C)cc1. The van der Waals surface area contributed by atoms with Crippen molar-refractivity contribution < 1.29 is 14.6 Å². The van der Waals surface area contributed by atoms with Crippen LogP contribution >= 0.6 is 12.2 Å². The zero-order chi connectivity index (χ0) is 15.8. The van der Waals surface area contributed by atoms with Gasteiger partial charge in [-0.2, -0.15) is 0 Å². The largest absolute Gasteiger partial charge is 0.497 e. The van der Waals surface area contributed by atoms with Crippen LogP contribution in [0.1, 0.15) is 10.4 Å². The molecule has 1 rings (SSSR count). The maximum absolute atomic E-state index is 11.9. The lowest BCUT2D eigenvalue weighted by molar-refractivity contribution is 0.0975. The zero-order valence-corrected chi connectivity index (χ0v) is 13.2. The number of ether oxygens (including phenoxy) is 1. The first-order valence-electron chi connectivity index (χ1n) is 6.48. The molecule has 0 aromatic heterocycles. The first-order chi connectivity index (χ1) is 9.92. The second-order valence-electron chi connectivity index (χ2n) is 4.81. The molecule has 0 unspecified atom stereocenters. The summed E-state index contributed by atoms with van der Waals surface area (Å²) in [6, 6.07) is 6.70. The number of carbonyl (C=O) groups excluding carboxylic acids is 1. The van der Waals surface area contributed by atoms with Gasteiger partial charge in [-0.1, -0.05) is 0 Å². The van der Waals surface area contributed by atoms with Gasteiger partial charge in [-0.25, -0.2) is 0 Å². The fourth-order valence-corrected chi connectivity index (χ4v) is 1.83. The molecule has 0 radical (unpaired) electrons. The normalized spacial score (nSPS) is 11.9. The summed E-state index contributed by atoms with van der Waals surface area (Å²) < 4.78 is 5.02. The van der Waals surface area contributed by atoms with Crippen LogP contribution in [0.5, 0.6) is 5.75 Å². The number of likely N-dealkylation sites (N-methyl/N-ethyl adjacent to an activating group) is 1. The lowest BCUT2D eigenvalue weighted by Gasteiger charge is -2.17. The van der Waals surface area contributed by atoms with Gasteiger partial charge in [-0.3, -0.25) is 10.1 Å². The molecule has 0 saturated carbocycles. The molecule has 6 nitrogen and oxygen atoms in total. The number of aliphatic hydroxyl groups excluding tert-OH is 1. The summed E-state index contributed by atoms with van der Waals surface area (Å²) in [6.45, 7) is 0.794. The Morgan fingerprint density at radius 2 is 2.00 bits per heavy atom. The van der Waals surface area contributed by atoms with Crippen molar-refractivity contribution in [2.45, 2.75) is 6.10 Å². The minimum atomic E-state index is -0.559. The minimum absolute atomic E-state index is 0.189. The summed E-state index contributed by atoms with van der Waals surface area (Å²) in [6.07, 6.45) is -0.559. The number of benzene rings is 1. The summed E-state index contributed by atoms with van der Waals surface area (Å²) in [7, 11) is 5.30. The number of carbonyl (C=O) groups is 1. The van der Waals surface area contributed by atoms with E-state index in [-0.39, 0.29) is 17.6 Å². The van der Waals surface area contributed by atoms with Crippen LogP contribution in [0.15, 0.2) is 24.3 Å². The van der Waals surface area contributed by atoms with E-state index in [1.165, 1.54) is 0 Å². The highest BCUT2D eigenvalue weighted by Gasteiger charge is 2.10. The van der Waals surface area contributed by atoms with Crippen LogP contribution in [0.4, 0.5) is 0 Å². The standard InChI is InChI=1S/C14H21N3O3S/c1-17(2)9-11(18)8-15-14(21)16-13(19)10-4-6-12(20-3)7-5-10/h4-7,11,18H,8-9H2,1-3H3,(H2,15,16,19,21)/t11-/m0/s1. The lowest BCUT2D eigenvalue weighted by atomic mass is 10.2. The van der Waals surface area contributed by atoms with Gasteiger partial charge in [0.15, 0.2) is 5.11 Å². The molecule has 0 aliphatic carbocycles. The number of nitrogens with zero attached hydrogens (tertiary/aromatic N) is 1. The van der Waals surface area contributed by atoms with Crippen LogP contribution < -0.4 is 15.4 Å². The van der Waals surface area contributed by atoms with Gasteiger partial charge in [0.1, 0.15) is 5.75 Å². The van der Waals surface area contributed by atoms with Gasteiger partial charge in [0.25, 0.3) is 5.91 Å². The third kappa shape index (κ3) is 6.52. The number of nitrogens with one attached hydrogen (secondary N) is 2. The van der Waals surface area contributed by atoms with Crippen molar-refractivity contribution in [3.05, 3.63) is 29.8 Å². The summed E-state index contributed by atoms with van der Waals surface area (Å²) in [5.41, 5.74) is 0.480. The highest BCUT2D eigenvalue weighted by Crippen LogP contribution is 2.10. The van der Waals surface area contributed by atoms with Gasteiger partial charge < -0.3 is 20.1 Å². The first kappa shape index (κ1) is 17.4. The Morgan fingerprint density at radius 1 is 1.38 bits per heavy atom. The number of aliphatic hydroxyl groups is 1. The Balaban J connectivity index is 2.41. The number of amides is 1. The molecule has 3 N–H and O–H groups in total. The summed E-state index contributed by atoms with van der Waals surface area (Å²) in [5.74, 6) is 0.372. The van der Waals surface area contributed by atoms with Crippen LogP contribution in [-0.4, -0.2) is 61.4 Å². The summed E-state index contributed by atoms with van der Waals surface area (Å²) in [5, 5.41) is 15.2. The van der Waals surface area contributed by atoms with E-state index in [9.17, 15) is 9.90 Å². The molecule has 1 amide bonds. The van der Waals surface area contributed by atoms with Gasteiger partial charge in [0.2, 0.25) is 0 Å². The maximum Gasteiger partial charge on any atom is 0.257 e. The molecule has 0 spiro atoms. The number of hydrogen-bond donors (Lipinski definition) is 3. The fourth-order valence-electron chi connectivity index (χ4n) is 1.66. The average molecular weight is 311 g/mol. The minimum Gasteiger partial charge on any atom is -0.497 e. The molecule has 21 heavy (non-hydrogen) atoms. The second-order valence-corrected chi connectivity index (χ2v) is 5.22. The van der Waals surface area contributed by atoms with Gasteiger partial charge in [0, 0.05) is 18.7 Å². The van der Waals surface area contributed by atoms with Gasteiger partial charge in [-0.15, -0.1) is 0 Å². The molecule has 0 saturated heterocycles. The summed E-state index contributed by atoms with van der Waals surface area (Å²) in [4.78, 5) is 13.8. The van der Waals surface area contributed by atoms with Crippen molar-refractivity contribution in [3.8, 4) is 5.75 Å². The zero-order valence-electron chi connectivity index (χ0n) is 12.4. The molecule has 1 atom stereocenters. The van der Waals surface area contributed by atoms with Crippen LogP contribution in [0.2, 0.25) is 0 Å². The van der Waals surface area contributed by atoms with E-state index < -0.39 is 6.10 Å². The molecular weight excluding hydrogens is 290 g/mol.